The first-order valence-corrected chi connectivity index (χ1v) is 10.4. The van der Waals surface area contributed by atoms with Crippen molar-refractivity contribution in [2.75, 3.05) is 19.5 Å². The highest BCUT2D eigenvalue weighted by Gasteiger charge is 2.38. The van der Waals surface area contributed by atoms with Crippen molar-refractivity contribution in [2.24, 2.45) is 0 Å². The molecule has 0 amide bonds. The van der Waals surface area contributed by atoms with E-state index in [1.54, 1.807) is 0 Å². The summed E-state index contributed by atoms with van der Waals surface area (Å²) in [5.41, 5.74) is 4.36. The number of aliphatic hydroxyl groups excluding tert-OH is 1. The molecule has 10 heteroatoms. The molecule has 170 valence electrons. The summed E-state index contributed by atoms with van der Waals surface area (Å²) < 4.78 is 25.6. The van der Waals surface area contributed by atoms with Crippen LogP contribution >= 0.6 is 0 Å². The Morgan fingerprint density at radius 2 is 2.06 bits per heavy atom. The monoisotopic (exact) mass is 435 g/mol. The molecule has 2 heterocycles. The van der Waals surface area contributed by atoms with E-state index in [9.17, 15) is 14.3 Å². The van der Waals surface area contributed by atoms with Crippen molar-refractivity contribution in [3.8, 4) is 12.3 Å². The van der Waals surface area contributed by atoms with Gasteiger partial charge in [-0.1, -0.05) is 44.9 Å². The Balaban J connectivity index is 1.97. The third kappa shape index (κ3) is 6.35. The molecule has 3 N–H and O–H groups in total. The van der Waals surface area contributed by atoms with Crippen LogP contribution in [0.3, 0.4) is 0 Å². The first-order valence-electron chi connectivity index (χ1n) is 10.4. The van der Waals surface area contributed by atoms with Crippen LogP contribution in [0.25, 0.3) is 11.2 Å². The maximum absolute atomic E-state index is 13.5. The topological polar surface area (TPSA) is 125 Å². The van der Waals surface area contributed by atoms with Gasteiger partial charge in [-0.15, -0.1) is 6.42 Å². The number of imidazole rings is 1. The van der Waals surface area contributed by atoms with Gasteiger partial charge in [0.15, 0.2) is 17.1 Å². The van der Waals surface area contributed by atoms with Crippen LogP contribution in [0.4, 0.5) is 10.2 Å². The number of nitrogens with zero attached hydrogens (tertiary/aromatic N) is 4. The number of aliphatic hydroxyl groups is 1. The predicted molar refractivity (Wildman–Crippen MR) is 113 cm³/mol. The Labute approximate surface area is 181 Å². The number of carbonyl (C=O) groups is 1. The lowest BCUT2D eigenvalue weighted by atomic mass is 9.98. The second-order valence-corrected chi connectivity index (χ2v) is 7.38. The molecule has 0 fully saturated rings. The molecule has 9 nitrogen and oxygen atoms in total. The first-order chi connectivity index (χ1) is 14.9. The lowest BCUT2D eigenvalue weighted by Gasteiger charge is -2.31. The number of rotatable bonds is 13. The number of hydrogen-bond donors (Lipinski definition) is 2. The van der Waals surface area contributed by atoms with Crippen LogP contribution in [-0.2, 0) is 20.8 Å². The Morgan fingerprint density at radius 1 is 1.35 bits per heavy atom. The third-order valence-corrected chi connectivity index (χ3v) is 5.16. The zero-order valence-corrected chi connectivity index (χ0v) is 18.0. The van der Waals surface area contributed by atoms with Crippen LogP contribution in [0.2, 0.25) is 0 Å². The number of halogens is 1. The second kappa shape index (κ2) is 11.6. The van der Waals surface area contributed by atoms with E-state index in [0.29, 0.717) is 0 Å². The lowest BCUT2D eigenvalue weighted by molar-refractivity contribution is -0.157. The number of esters is 1. The zero-order chi connectivity index (χ0) is 22.9. The summed E-state index contributed by atoms with van der Waals surface area (Å²) in [6.07, 6.45) is 11.2. The molecule has 0 saturated carbocycles. The normalized spacial score (nSPS) is 14.2. The maximum atomic E-state index is 13.5. The fraction of sp³-hybridized carbons (Fsp3) is 0.619. The van der Waals surface area contributed by atoms with Gasteiger partial charge in [-0.2, -0.15) is 14.4 Å². The summed E-state index contributed by atoms with van der Waals surface area (Å²) in [6.45, 7) is 1.68. The van der Waals surface area contributed by atoms with Gasteiger partial charge in [0.2, 0.25) is 0 Å². The molecule has 0 aliphatic carbocycles. The van der Waals surface area contributed by atoms with Crippen LogP contribution in [0.5, 0.6) is 0 Å². The second-order valence-electron chi connectivity index (χ2n) is 7.38. The van der Waals surface area contributed by atoms with Gasteiger partial charge in [0.1, 0.15) is 18.2 Å². The van der Waals surface area contributed by atoms with Crippen LogP contribution in [-0.4, -0.2) is 56.0 Å². The van der Waals surface area contributed by atoms with Gasteiger partial charge in [-0.3, -0.25) is 4.79 Å². The van der Waals surface area contributed by atoms with Crippen molar-refractivity contribution in [3.05, 3.63) is 12.4 Å². The first kappa shape index (κ1) is 24.5. The largest absolute Gasteiger partial charge is 0.461 e. The number of nitrogen functional groups attached to an aromatic ring is 1. The van der Waals surface area contributed by atoms with E-state index in [1.807, 2.05) is 0 Å². The Kier molecular flexibility index (Phi) is 9.15. The lowest BCUT2D eigenvalue weighted by Crippen LogP contribution is -2.49. The van der Waals surface area contributed by atoms with Crippen molar-refractivity contribution in [2.45, 2.75) is 70.1 Å². The van der Waals surface area contributed by atoms with Crippen LogP contribution in [0, 0.1) is 18.4 Å². The van der Waals surface area contributed by atoms with Crippen molar-refractivity contribution in [1.29, 1.82) is 0 Å². The van der Waals surface area contributed by atoms with Crippen molar-refractivity contribution in [1.82, 2.24) is 19.5 Å². The molecule has 1 unspecified atom stereocenters. The molecule has 2 rings (SSSR count). The van der Waals surface area contributed by atoms with E-state index in [-0.39, 0.29) is 36.6 Å². The molecular weight excluding hydrogens is 405 g/mol. The number of methoxy groups -OCH3 is 1. The van der Waals surface area contributed by atoms with E-state index >= 15 is 0 Å². The van der Waals surface area contributed by atoms with Crippen LogP contribution in [0.15, 0.2) is 6.33 Å². The summed E-state index contributed by atoms with van der Waals surface area (Å²) >= 11 is 0. The van der Waals surface area contributed by atoms with E-state index < -0.39 is 23.8 Å². The molecule has 0 radical (unpaired) electrons. The fourth-order valence-electron chi connectivity index (χ4n) is 3.20. The zero-order valence-electron chi connectivity index (χ0n) is 18.0. The average Bonchev–Trinajstić information content (AvgIpc) is 3.14. The molecule has 2 atom stereocenters. The number of ether oxygens (including phenoxy) is 2. The Bertz CT molecular complexity index is 913. The molecular formula is C21H30FN5O4. The summed E-state index contributed by atoms with van der Waals surface area (Å²) in [4.78, 5) is 23.2. The SMILES string of the molecule is C#CC(COC(=O)CCCCCCCC)(OC)[C@@H](O)Cn1cnc2c(N)nc(F)nc21. The quantitative estimate of drug-likeness (QED) is 0.212. The molecule has 0 aliphatic rings. The number of nitrogens with two attached hydrogens (primary N) is 1. The fourth-order valence-corrected chi connectivity index (χ4v) is 3.20. The van der Waals surface area contributed by atoms with Gasteiger partial charge in [0, 0.05) is 13.5 Å². The number of carbonyl (C=O) groups excluding carboxylic acids is 1. The molecule has 0 aliphatic heterocycles. The van der Waals surface area contributed by atoms with E-state index in [2.05, 4.69) is 27.8 Å². The summed E-state index contributed by atoms with van der Waals surface area (Å²) in [5.74, 6) is 1.86. The Hall–Kier alpha value is -2.77. The number of terminal acetylenes is 1. The van der Waals surface area contributed by atoms with Crippen molar-refractivity contribution < 1.29 is 23.8 Å². The molecule has 0 spiro atoms. The predicted octanol–water partition coefficient (Wildman–Crippen LogP) is 2.22. The van der Waals surface area contributed by atoms with Crippen molar-refractivity contribution >= 4 is 23.0 Å². The molecule has 31 heavy (non-hydrogen) atoms. The molecule has 0 aromatic carbocycles. The summed E-state index contributed by atoms with van der Waals surface area (Å²) in [7, 11) is 1.32. The maximum Gasteiger partial charge on any atom is 0.312 e. The highest BCUT2D eigenvalue weighted by atomic mass is 19.1. The van der Waals surface area contributed by atoms with Gasteiger partial charge in [-0.05, 0) is 6.42 Å². The number of aromatic nitrogens is 4. The van der Waals surface area contributed by atoms with Gasteiger partial charge in [0.05, 0.1) is 12.9 Å². The minimum atomic E-state index is -1.59. The van der Waals surface area contributed by atoms with Crippen LogP contribution < -0.4 is 5.73 Å². The average molecular weight is 436 g/mol. The smallest absolute Gasteiger partial charge is 0.312 e. The van der Waals surface area contributed by atoms with Gasteiger partial charge >= 0.3 is 12.0 Å². The van der Waals surface area contributed by atoms with E-state index in [0.717, 1.165) is 25.7 Å². The van der Waals surface area contributed by atoms with Crippen LogP contribution in [0.1, 0.15) is 51.9 Å². The highest BCUT2D eigenvalue weighted by molar-refractivity contribution is 5.81. The molecule has 0 bridgehead atoms. The Morgan fingerprint density at radius 3 is 2.74 bits per heavy atom. The van der Waals surface area contributed by atoms with Gasteiger partial charge in [-0.25, -0.2) is 4.98 Å². The molecule has 2 aromatic heterocycles. The minimum Gasteiger partial charge on any atom is -0.461 e. The number of fused-ring (bicyclic) bond motifs is 1. The van der Waals surface area contributed by atoms with E-state index in [4.69, 9.17) is 21.6 Å². The standard InChI is InChI=1S/C21H30FN5O4/c1-4-6-7-8-9-10-11-16(29)31-13-21(5-2,30-3)15(28)12-27-14-24-17-18(23)25-20(22)26-19(17)27/h2,14-15,28H,4,6-13H2,1,3H3,(H2,23,25,26)/t15-,21?/m0/s1. The van der Waals surface area contributed by atoms with Crippen molar-refractivity contribution in [3.63, 3.8) is 0 Å². The van der Waals surface area contributed by atoms with Gasteiger partial charge in [0.25, 0.3) is 0 Å². The number of unbranched alkanes of at least 4 members (excludes halogenated alkanes) is 5. The van der Waals surface area contributed by atoms with Gasteiger partial charge < -0.3 is 24.9 Å². The third-order valence-electron chi connectivity index (χ3n) is 5.16. The highest BCUT2D eigenvalue weighted by Crippen LogP contribution is 2.21. The minimum absolute atomic E-state index is 0.103. The molecule has 2 aromatic rings. The summed E-state index contributed by atoms with van der Waals surface area (Å²) in [6, 6.07) is 0. The number of anilines is 1. The van der Waals surface area contributed by atoms with E-state index in [1.165, 1.54) is 30.8 Å². The molecule has 0 saturated heterocycles. The number of hydrogen-bond acceptors (Lipinski definition) is 8. The summed E-state index contributed by atoms with van der Waals surface area (Å²) in [5, 5.41) is 10.8.